The van der Waals surface area contributed by atoms with Gasteiger partial charge in [0.25, 0.3) is 0 Å². The number of aliphatic hydroxyl groups is 1. The Labute approximate surface area is 64.3 Å². The van der Waals surface area contributed by atoms with Crippen LogP contribution in [0, 0.1) is 0 Å². The van der Waals surface area contributed by atoms with Crippen molar-refractivity contribution in [1.82, 2.24) is 0 Å². The fourth-order valence-corrected chi connectivity index (χ4v) is 2.44. The molecule has 54 valence electrons. The van der Waals surface area contributed by atoms with E-state index in [-0.39, 0.29) is 6.10 Å². The van der Waals surface area contributed by atoms with Crippen molar-refractivity contribution in [2.75, 3.05) is 0 Å². The van der Waals surface area contributed by atoms with Crippen molar-refractivity contribution in [3.05, 3.63) is 21.9 Å². The van der Waals surface area contributed by atoms with Gasteiger partial charge in [-0.1, -0.05) is 0 Å². The molecule has 0 saturated carbocycles. The predicted molar refractivity (Wildman–Crippen MR) is 42.2 cm³/mol. The number of hydrogen-bond donors (Lipinski definition) is 1. The van der Waals surface area contributed by atoms with Crippen LogP contribution in [0.5, 0.6) is 0 Å². The molecule has 1 aliphatic carbocycles. The lowest BCUT2D eigenvalue weighted by Crippen LogP contribution is -2.05. The fraction of sp³-hybridized carbons (Fsp3) is 0.500. The van der Waals surface area contributed by atoms with Gasteiger partial charge in [0.05, 0.1) is 6.10 Å². The van der Waals surface area contributed by atoms with Gasteiger partial charge in [0, 0.05) is 4.88 Å². The maximum absolute atomic E-state index is 9.46. The van der Waals surface area contributed by atoms with E-state index >= 15 is 0 Å². The summed E-state index contributed by atoms with van der Waals surface area (Å²) in [5, 5.41) is 11.5. The molecule has 0 spiro atoms. The van der Waals surface area contributed by atoms with Gasteiger partial charge < -0.3 is 5.11 Å². The second-order valence-electron chi connectivity index (χ2n) is 2.71. The van der Waals surface area contributed by atoms with E-state index in [0.717, 1.165) is 12.8 Å². The minimum absolute atomic E-state index is 0.171. The summed E-state index contributed by atoms with van der Waals surface area (Å²) >= 11 is 1.77. The molecule has 0 aromatic carbocycles. The van der Waals surface area contributed by atoms with Crippen LogP contribution in [0.15, 0.2) is 11.4 Å². The molecule has 2 rings (SSSR count). The van der Waals surface area contributed by atoms with Crippen LogP contribution < -0.4 is 0 Å². The van der Waals surface area contributed by atoms with Crippen molar-refractivity contribution in [3.8, 4) is 0 Å². The normalized spacial score (nSPS) is 24.3. The van der Waals surface area contributed by atoms with Crippen LogP contribution in [0.4, 0.5) is 0 Å². The molecule has 1 aliphatic rings. The van der Waals surface area contributed by atoms with Gasteiger partial charge in [-0.05, 0) is 36.3 Å². The Bertz CT molecular complexity index is 229. The average Bonchev–Trinajstić information content (AvgIpc) is 2.36. The zero-order chi connectivity index (χ0) is 6.97. The van der Waals surface area contributed by atoms with Crippen molar-refractivity contribution >= 4 is 11.3 Å². The molecular formula is C8H10OS. The molecule has 1 atom stereocenters. The van der Waals surface area contributed by atoms with E-state index in [1.165, 1.54) is 16.9 Å². The first-order chi connectivity index (χ1) is 4.88. The number of rotatable bonds is 0. The number of aryl methyl sites for hydroxylation is 1. The molecule has 1 nitrogen and oxygen atoms in total. The molecule has 1 N–H and O–H groups in total. The average molecular weight is 154 g/mol. The summed E-state index contributed by atoms with van der Waals surface area (Å²) < 4.78 is 0. The van der Waals surface area contributed by atoms with Gasteiger partial charge in [-0.3, -0.25) is 0 Å². The van der Waals surface area contributed by atoms with Crippen molar-refractivity contribution in [3.63, 3.8) is 0 Å². The van der Waals surface area contributed by atoms with Gasteiger partial charge in [0.1, 0.15) is 0 Å². The van der Waals surface area contributed by atoms with E-state index in [0.29, 0.717) is 0 Å². The van der Waals surface area contributed by atoms with Crippen LogP contribution in [0.3, 0.4) is 0 Å². The quantitative estimate of drug-likeness (QED) is 0.607. The Morgan fingerprint density at radius 2 is 2.50 bits per heavy atom. The summed E-state index contributed by atoms with van der Waals surface area (Å²) in [7, 11) is 0. The first-order valence-electron chi connectivity index (χ1n) is 3.62. The lowest BCUT2D eigenvalue weighted by molar-refractivity contribution is 0.157. The Balaban J connectivity index is 2.41. The second kappa shape index (κ2) is 2.36. The molecule has 0 aliphatic heterocycles. The highest BCUT2D eigenvalue weighted by Gasteiger charge is 2.17. The molecule has 1 aromatic rings. The molecule has 10 heavy (non-hydrogen) atoms. The highest BCUT2D eigenvalue weighted by Crippen LogP contribution is 2.32. The molecule has 1 heterocycles. The smallest absolute Gasteiger partial charge is 0.0800 e. The van der Waals surface area contributed by atoms with Crippen LogP contribution in [-0.4, -0.2) is 5.11 Å². The van der Waals surface area contributed by atoms with Gasteiger partial charge >= 0.3 is 0 Å². The molecule has 2 heteroatoms. The van der Waals surface area contributed by atoms with Crippen LogP contribution in [0.1, 0.15) is 29.4 Å². The maximum Gasteiger partial charge on any atom is 0.0800 e. The summed E-state index contributed by atoms with van der Waals surface area (Å²) in [6, 6.07) is 2.05. The Kier molecular flexibility index (Phi) is 1.51. The standard InChI is InChI=1S/C8H10OS/c9-7-2-1-3-8-6(7)4-5-10-8/h4-5,7,9H,1-3H2/t7-/m0/s1. The van der Waals surface area contributed by atoms with Crippen molar-refractivity contribution in [1.29, 1.82) is 0 Å². The van der Waals surface area contributed by atoms with Gasteiger partial charge in [0.2, 0.25) is 0 Å². The van der Waals surface area contributed by atoms with E-state index in [1.54, 1.807) is 11.3 Å². The van der Waals surface area contributed by atoms with Crippen LogP contribution in [0.25, 0.3) is 0 Å². The van der Waals surface area contributed by atoms with E-state index in [4.69, 9.17) is 0 Å². The highest BCUT2D eigenvalue weighted by atomic mass is 32.1. The predicted octanol–water partition coefficient (Wildman–Crippen LogP) is 2.12. The van der Waals surface area contributed by atoms with Gasteiger partial charge in [-0.2, -0.15) is 0 Å². The summed E-state index contributed by atoms with van der Waals surface area (Å²) in [5.41, 5.74) is 1.18. The monoisotopic (exact) mass is 154 g/mol. The number of aliphatic hydroxyl groups excluding tert-OH is 1. The molecule has 0 fully saturated rings. The van der Waals surface area contributed by atoms with Crippen molar-refractivity contribution in [2.45, 2.75) is 25.4 Å². The molecular weight excluding hydrogens is 144 g/mol. The van der Waals surface area contributed by atoms with E-state index < -0.39 is 0 Å². The SMILES string of the molecule is O[C@H]1CCCc2sccc21. The van der Waals surface area contributed by atoms with Crippen LogP contribution in [-0.2, 0) is 6.42 Å². The van der Waals surface area contributed by atoms with Gasteiger partial charge in [-0.25, -0.2) is 0 Å². The zero-order valence-corrected chi connectivity index (χ0v) is 6.53. The zero-order valence-electron chi connectivity index (χ0n) is 5.71. The summed E-state index contributed by atoms with van der Waals surface area (Å²) in [4.78, 5) is 1.39. The second-order valence-corrected chi connectivity index (χ2v) is 3.71. The van der Waals surface area contributed by atoms with Crippen LogP contribution >= 0.6 is 11.3 Å². The molecule has 1 aromatic heterocycles. The van der Waals surface area contributed by atoms with Gasteiger partial charge in [0.15, 0.2) is 0 Å². The number of thiophene rings is 1. The summed E-state index contributed by atoms with van der Waals surface area (Å²) in [6.45, 7) is 0. The molecule has 0 saturated heterocycles. The van der Waals surface area contributed by atoms with Crippen molar-refractivity contribution < 1.29 is 5.11 Å². The first-order valence-corrected chi connectivity index (χ1v) is 4.50. The maximum atomic E-state index is 9.46. The Morgan fingerprint density at radius 3 is 3.30 bits per heavy atom. The lowest BCUT2D eigenvalue weighted by Gasteiger charge is -2.16. The largest absolute Gasteiger partial charge is 0.388 e. The third kappa shape index (κ3) is 0.879. The summed E-state index contributed by atoms with van der Waals surface area (Å²) in [5.74, 6) is 0. The highest BCUT2D eigenvalue weighted by molar-refractivity contribution is 7.10. The summed E-state index contributed by atoms with van der Waals surface area (Å²) in [6.07, 6.45) is 3.10. The third-order valence-electron chi connectivity index (χ3n) is 2.02. The molecule has 0 amide bonds. The lowest BCUT2D eigenvalue weighted by atomic mass is 9.97. The van der Waals surface area contributed by atoms with Crippen LogP contribution in [0.2, 0.25) is 0 Å². The number of fused-ring (bicyclic) bond motifs is 1. The first kappa shape index (κ1) is 6.38. The molecule has 0 unspecified atom stereocenters. The Morgan fingerprint density at radius 1 is 1.60 bits per heavy atom. The molecule has 0 bridgehead atoms. The van der Waals surface area contributed by atoms with E-state index in [9.17, 15) is 5.11 Å². The Hall–Kier alpha value is -0.340. The van der Waals surface area contributed by atoms with Gasteiger partial charge in [-0.15, -0.1) is 11.3 Å². The van der Waals surface area contributed by atoms with E-state index in [2.05, 4.69) is 5.38 Å². The van der Waals surface area contributed by atoms with Crippen molar-refractivity contribution in [2.24, 2.45) is 0 Å². The minimum atomic E-state index is -0.171. The molecule has 0 radical (unpaired) electrons. The van der Waals surface area contributed by atoms with E-state index in [1.807, 2.05) is 6.07 Å². The topological polar surface area (TPSA) is 20.2 Å². The number of hydrogen-bond acceptors (Lipinski definition) is 2. The fourth-order valence-electron chi connectivity index (χ4n) is 1.46. The third-order valence-corrected chi connectivity index (χ3v) is 3.02. The minimum Gasteiger partial charge on any atom is -0.388 e.